The zero-order chi connectivity index (χ0) is 14.2. The summed E-state index contributed by atoms with van der Waals surface area (Å²) in [5.41, 5.74) is 0.322. The molecule has 6 nitrogen and oxygen atoms in total. The molecule has 1 aliphatic rings. The Labute approximate surface area is 119 Å². The van der Waals surface area contributed by atoms with Crippen LogP contribution in [0.2, 0.25) is 0 Å². The predicted molar refractivity (Wildman–Crippen MR) is 76.7 cm³/mol. The highest BCUT2D eigenvalue weighted by Crippen LogP contribution is 2.20. The van der Waals surface area contributed by atoms with Crippen LogP contribution in [0.1, 0.15) is 42.6 Å². The molecule has 0 unspecified atom stereocenters. The van der Waals surface area contributed by atoms with Crippen molar-refractivity contribution in [3.63, 3.8) is 0 Å². The Morgan fingerprint density at radius 2 is 2.15 bits per heavy atom. The zero-order valence-corrected chi connectivity index (χ0v) is 11.9. The molecule has 2 N–H and O–H groups in total. The molecule has 0 saturated heterocycles. The lowest BCUT2D eigenvalue weighted by atomic mass is 10.3. The average Bonchev–Trinajstić information content (AvgIpc) is 3.00. The largest absolute Gasteiger partial charge is 0.378 e. The molecule has 20 heavy (non-hydrogen) atoms. The number of carbonyl (C=O) groups is 1. The van der Waals surface area contributed by atoms with E-state index < -0.39 is 0 Å². The van der Waals surface area contributed by atoms with Gasteiger partial charge in [-0.05, 0) is 31.4 Å². The molecule has 1 heterocycles. The summed E-state index contributed by atoms with van der Waals surface area (Å²) in [6, 6.07) is 3.42. The van der Waals surface area contributed by atoms with Crippen molar-refractivity contribution in [3.8, 4) is 0 Å². The second-order valence-electron chi connectivity index (χ2n) is 4.94. The molecular formula is C14H22N4O2. The van der Waals surface area contributed by atoms with Crippen LogP contribution in [-0.2, 0) is 4.74 Å². The maximum Gasteiger partial charge on any atom is 0.271 e. The van der Waals surface area contributed by atoms with Crippen LogP contribution in [0.3, 0.4) is 0 Å². The molecule has 1 aromatic heterocycles. The Kier molecular flexibility index (Phi) is 5.73. The van der Waals surface area contributed by atoms with Crippen molar-refractivity contribution >= 4 is 11.7 Å². The minimum atomic E-state index is -0.228. The molecule has 1 aromatic rings. The SMILES string of the molecule is CNC(=O)c1ccc(NCCCOC2CCCC2)nn1. The molecule has 0 spiro atoms. The van der Waals surface area contributed by atoms with Crippen molar-refractivity contribution < 1.29 is 9.53 Å². The summed E-state index contributed by atoms with van der Waals surface area (Å²) in [5, 5.41) is 13.5. The standard InChI is InChI=1S/C14H22N4O2/c1-15-14(19)12-7-8-13(18-17-12)16-9-4-10-20-11-5-2-3-6-11/h7-8,11H,2-6,9-10H2,1H3,(H,15,19)(H,16,18). The van der Waals surface area contributed by atoms with Gasteiger partial charge in [-0.1, -0.05) is 12.8 Å². The topological polar surface area (TPSA) is 76.1 Å². The lowest BCUT2D eigenvalue weighted by Crippen LogP contribution is -2.20. The van der Waals surface area contributed by atoms with E-state index in [1.807, 2.05) is 0 Å². The van der Waals surface area contributed by atoms with E-state index in [9.17, 15) is 4.79 Å². The van der Waals surface area contributed by atoms with Crippen LogP contribution >= 0.6 is 0 Å². The van der Waals surface area contributed by atoms with E-state index in [1.165, 1.54) is 25.7 Å². The first-order valence-corrected chi connectivity index (χ1v) is 7.21. The molecule has 1 aliphatic carbocycles. The summed E-state index contributed by atoms with van der Waals surface area (Å²) in [6.45, 7) is 1.57. The van der Waals surface area contributed by atoms with Crippen LogP contribution in [-0.4, -0.2) is 42.4 Å². The normalized spacial score (nSPS) is 15.2. The van der Waals surface area contributed by atoms with Gasteiger partial charge in [0, 0.05) is 20.2 Å². The number of nitrogens with zero attached hydrogens (tertiary/aromatic N) is 2. The molecule has 1 fully saturated rings. The lowest BCUT2D eigenvalue weighted by Gasteiger charge is -2.11. The van der Waals surface area contributed by atoms with E-state index in [1.54, 1.807) is 19.2 Å². The van der Waals surface area contributed by atoms with Gasteiger partial charge in [0.25, 0.3) is 5.91 Å². The number of carbonyl (C=O) groups excluding carboxylic acids is 1. The maximum atomic E-state index is 11.3. The minimum Gasteiger partial charge on any atom is -0.378 e. The molecular weight excluding hydrogens is 256 g/mol. The monoisotopic (exact) mass is 278 g/mol. The number of anilines is 1. The molecule has 0 aromatic carbocycles. The van der Waals surface area contributed by atoms with Gasteiger partial charge in [0.15, 0.2) is 5.69 Å². The summed E-state index contributed by atoms with van der Waals surface area (Å²) in [6.07, 6.45) is 6.43. The predicted octanol–water partition coefficient (Wildman–Crippen LogP) is 1.60. The summed E-state index contributed by atoms with van der Waals surface area (Å²) in [4.78, 5) is 11.3. The van der Waals surface area contributed by atoms with Gasteiger partial charge in [-0.25, -0.2) is 0 Å². The van der Waals surface area contributed by atoms with Gasteiger partial charge in [-0.15, -0.1) is 10.2 Å². The third-order valence-corrected chi connectivity index (χ3v) is 3.41. The van der Waals surface area contributed by atoms with Crippen LogP contribution in [0.15, 0.2) is 12.1 Å². The maximum absolute atomic E-state index is 11.3. The Balaban J connectivity index is 1.62. The average molecular weight is 278 g/mol. The summed E-state index contributed by atoms with van der Waals surface area (Å²) in [7, 11) is 1.57. The fourth-order valence-electron chi connectivity index (χ4n) is 2.27. The number of amides is 1. The second kappa shape index (κ2) is 7.79. The Bertz CT molecular complexity index is 416. The molecule has 6 heteroatoms. The van der Waals surface area contributed by atoms with Crippen molar-refractivity contribution in [2.24, 2.45) is 0 Å². The molecule has 110 valence electrons. The van der Waals surface area contributed by atoms with Crippen molar-refractivity contribution in [1.29, 1.82) is 0 Å². The minimum absolute atomic E-state index is 0.228. The van der Waals surface area contributed by atoms with Crippen molar-refractivity contribution in [2.45, 2.75) is 38.2 Å². The van der Waals surface area contributed by atoms with Gasteiger partial charge in [0.05, 0.1) is 6.10 Å². The number of nitrogens with one attached hydrogen (secondary N) is 2. The smallest absolute Gasteiger partial charge is 0.271 e. The Hall–Kier alpha value is -1.69. The highest BCUT2D eigenvalue weighted by Gasteiger charge is 2.14. The fourth-order valence-corrected chi connectivity index (χ4v) is 2.27. The van der Waals surface area contributed by atoms with E-state index in [2.05, 4.69) is 20.8 Å². The Morgan fingerprint density at radius 3 is 2.80 bits per heavy atom. The second-order valence-corrected chi connectivity index (χ2v) is 4.94. The van der Waals surface area contributed by atoms with E-state index >= 15 is 0 Å². The van der Waals surface area contributed by atoms with Crippen molar-refractivity contribution in [1.82, 2.24) is 15.5 Å². The fraction of sp³-hybridized carbons (Fsp3) is 0.643. The molecule has 0 bridgehead atoms. The molecule has 1 saturated carbocycles. The van der Waals surface area contributed by atoms with Crippen LogP contribution < -0.4 is 10.6 Å². The zero-order valence-electron chi connectivity index (χ0n) is 11.9. The molecule has 0 aliphatic heterocycles. The molecule has 0 radical (unpaired) electrons. The first-order chi connectivity index (χ1) is 9.79. The van der Waals surface area contributed by atoms with Gasteiger partial charge < -0.3 is 15.4 Å². The van der Waals surface area contributed by atoms with E-state index in [-0.39, 0.29) is 5.91 Å². The van der Waals surface area contributed by atoms with Gasteiger partial charge in [-0.3, -0.25) is 4.79 Å². The lowest BCUT2D eigenvalue weighted by molar-refractivity contribution is 0.0583. The van der Waals surface area contributed by atoms with Crippen molar-refractivity contribution in [2.75, 3.05) is 25.5 Å². The number of hydrogen-bond donors (Lipinski definition) is 2. The van der Waals surface area contributed by atoms with Crippen LogP contribution in [0.5, 0.6) is 0 Å². The van der Waals surface area contributed by atoms with Crippen molar-refractivity contribution in [3.05, 3.63) is 17.8 Å². The molecule has 0 atom stereocenters. The van der Waals surface area contributed by atoms with Gasteiger partial charge >= 0.3 is 0 Å². The first kappa shape index (κ1) is 14.7. The van der Waals surface area contributed by atoms with Gasteiger partial charge in [-0.2, -0.15) is 0 Å². The quantitative estimate of drug-likeness (QED) is 0.741. The first-order valence-electron chi connectivity index (χ1n) is 7.21. The Morgan fingerprint density at radius 1 is 1.35 bits per heavy atom. The highest BCUT2D eigenvalue weighted by molar-refractivity contribution is 5.91. The van der Waals surface area contributed by atoms with E-state index in [0.717, 1.165) is 19.6 Å². The molecule has 1 amide bonds. The number of hydrogen-bond acceptors (Lipinski definition) is 5. The number of rotatable bonds is 7. The summed E-state index contributed by atoms with van der Waals surface area (Å²) < 4.78 is 5.78. The van der Waals surface area contributed by atoms with E-state index in [4.69, 9.17) is 4.74 Å². The summed E-state index contributed by atoms with van der Waals surface area (Å²) in [5.74, 6) is 0.451. The van der Waals surface area contributed by atoms with Gasteiger partial charge in [0.1, 0.15) is 5.82 Å². The third kappa shape index (κ3) is 4.45. The number of ether oxygens (including phenoxy) is 1. The van der Waals surface area contributed by atoms with Crippen LogP contribution in [0.4, 0.5) is 5.82 Å². The van der Waals surface area contributed by atoms with Crippen LogP contribution in [0, 0.1) is 0 Å². The van der Waals surface area contributed by atoms with Crippen LogP contribution in [0.25, 0.3) is 0 Å². The molecule has 2 rings (SSSR count). The highest BCUT2D eigenvalue weighted by atomic mass is 16.5. The van der Waals surface area contributed by atoms with Gasteiger partial charge in [0.2, 0.25) is 0 Å². The third-order valence-electron chi connectivity index (χ3n) is 3.41. The summed E-state index contributed by atoms with van der Waals surface area (Å²) >= 11 is 0. The number of aromatic nitrogens is 2. The van der Waals surface area contributed by atoms with E-state index in [0.29, 0.717) is 17.6 Å².